The summed E-state index contributed by atoms with van der Waals surface area (Å²) < 4.78 is 0. The van der Waals surface area contributed by atoms with E-state index in [1.54, 1.807) is 0 Å². The molecule has 0 saturated heterocycles. The number of benzene rings is 1. The Bertz CT molecular complexity index is 413. The Morgan fingerprint density at radius 2 is 1.88 bits per heavy atom. The van der Waals surface area contributed by atoms with E-state index in [1.807, 2.05) is 0 Å². The summed E-state index contributed by atoms with van der Waals surface area (Å²) in [5.74, 6) is 0. The SMILES string of the molecule is C/C(=C\[Si](C)(C)C)CNc1ccc(C)cc1C. The first-order chi connectivity index (χ1) is 7.78. The van der Waals surface area contributed by atoms with Crippen LogP contribution in [0.1, 0.15) is 18.1 Å². The lowest BCUT2D eigenvalue weighted by atomic mass is 10.1. The van der Waals surface area contributed by atoms with Gasteiger partial charge >= 0.3 is 0 Å². The predicted molar refractivity (Wildman–Crippen MR) is 81.5 cm³/mol. The quantitative estimate of drug-likeness (QED) is 0.770. The third-order valence-electron chi connectivity index (χ3n) is 2.62. The molecular formula is C15H25NSi. The van der Waals surface area contributed by atoms with Gasteiger partial charge in [0.05, 0.1) is 8.07 Å². The van der Waals surface area contributed by atoms with E-state index in [1.165, 1.54) is 22.4 Å². The molecule has 1 aromatic carbocycles. The maximum atomic E-state index is 3.52. The summed E-state index contributed by atoms with van der Waals surface area (Å²) in [6.07, 6.45) is 0. The minimum absolute atomic E-state index is 0.953. The molecule has 1 N–H and O–H groups in total. The van der Waals surface area contributed by atoms with Crippen LogP contribution in [0.15, 0.2) is 29.5 Å². The van der Waals surface area contributed by atoms with E-state index in [4.69, 9.17) is 0 Å². The van der Waals surface area contributed by atoms with Crippen LogP contribution >= 0.6 is 0 Å². The van der Waals surface area contributed by atoms with Crippen molar-refractivity contribution < 1.29 is 0 Å². The van der Waals surface area contributed by atoms with Crippen molar-refractivity contribution in [2.45, 2.75) is 40.4 Å². The van der Waals surface area contributed by atoms with Crippen molar-refractivity contribution in [3.05, 3.63) is 40.6 Å². The van der Waals surface area contributed by atoms with E-state index in [2.05, 4.69) is 69.6 Å². The maximum absolute atomic E-state index is 3.52. The Morgan fingerprint density at radius 1 is 1.24 bits per heavy atom. The standard InChI is InChI=1S/C15H25NSi/c1-12-7-8-15(14(3)9-12)16-10-13(2)11-17(4,5)6/h7-9,11,16H,10H2,1-6H3/b13-11+. The van der Waals surface area contributed by atoms with Gasteiger partial charge in [0, 0.05) is 12.2 Å². The molecule has 0 atom stereocenters. The molecule has 1 aromatic rings. The summed E-state index contributed by atoms with van der Waals surface area (Å²) in [6, 6.07) is 6.55. The molecule has 0 aliphatic rings. The van der Waals surface area contributed by atoms with E-state index in [0.29, 0.717) is 0 Å². The number of anilines is 1. The van der Waals surface area contributed by atoms with Crippen molar-refractivity contribution in [1.82, 2.24) is 0 Å². The minimum atomic E-state index is -1.08. The maximum Gasteiger partial charge on any atom is 0.0687 e. The van der Waals surface area contributed by atoms with E-state index < -0.39 is 8.07 Å². The molecule has 0 unspecified atom stereocenters. The van der Waals surface area contributed by atoms with Crippen molar-refractivity contribution >= 4 is 13.8 Å². The van der Waals surface area contributed by atoms with Gasteiger partial charge in [-0.3, -0.25) is 0 Å². The molecule has 1 rings (SSSR count). The zero-order valence-corrected chi connectivity index (χ0v) is 13.0. The zero-order chi connectivity index (χ0) is 13.1. The number of aryl methyl sites for hydroxylation is 2. The van der Waals surface area contributed by atoms with Crippen LogP contribution in [0.2, 0.25) is 19.6 Å². The highest BCUT2D eigenvalue weighted by atomic mass is 28.3. The fourth-order valence-corrected chi connectivity index (χ4v) is 3.62. The average molecular weight is 247 g/mol. The fraction of sp³-hybridized carbons (Fsp3) is 0.467. The lowest BCUT2D eigenvalue weighted by Gasteiger charge is -2.14. The molecule has 0 heterocycles. The predicted octanol–water partition coefficient (Wildman–Crippen LogP) is 4.54. The molecule has 0 amide bonds. The normalized spacial score (nSPS) is 12.7. The Labute approximate surface area is 107 Å². The second kappa shape index (κ2) is 5.54. The van der Waals surface area contributed by atoms with Gasteiger partial charge in [-0.1, -0.05) is 48.6 Å². The first-order valence-corrected chi connectivity index (χ1v) is 9.85. The summed E-state index contributed by atoms with van der Waals surface area (Å²) in [5.41, 5.74) is 7.81. The summed E-state index contributed by atoms with van der Waals surface area (Å²) in [6.45, 7) is 14.6. The molecule has 0 saturated carbocycles. The number of hydrogen-bond donors (Lipinski definition) is 1. The average Bonchev–Trinajstić information content (AvgIpc) is 2.13. The van der Waals surface area contributed by atoms with Gasteiger partial charge in [-0.05, 0) is 32.4 Å². The lowest BCUT2D eigenvalue weighted by molar-refractivity contribution is 1.19. The molecule has 1 nitrogen and oxygen atoms in total. The third-order valence-corrected chi connectivity index (χ3v) is 3.98. The van der Waals surface area contributed by atoms with Gasteiger partial charge in [0.25, 0.3) is 0 Å². The lowest BCUT2D eigenvalue weighted by Crippen LogP contribution is -2.18. The highest BCUT2D eigenvalue weighted by Crippen LogP contribution is 2.16. The van der Waals surface area contributed by atoms with Crippen molar-refractivity contribution in [3.63, 3.8) is 0 Å². The van der Waals surface area contributed by atoms with Crippen LogP contribution in [0.4, 0.5) is 5.69 Å². The van der Waals surface area contributed by atoms with Gasteiger partial charge in [0.1, 0.15) is 0 Å². The van der Waals surface area contributed by atoms with Crippen molar-refractivity contribution in [1.29, 1.82) is 0 Å². The molecule has 0 aromatic heterocycles. The fourth-order valence-electron chi connectivity index (χ4n) is 2.04. The molecule has 2 heteroatoms. The van der Waals surface area contributed by atoms with Crippen LogP contribution in [-0.2, 0) is 0 Å². The largest absolute Gasteiger partial charge is 0.381 e. The van der Waals surface area contributed by atoms with Gasteiger partial charge in [-0.15, -0.1) is 0 Å². The van der Waals surface area contributed by atoms with Crippen LogP contribution in [0, 0.1) is 13.8 Å². The second-order valence-electron chi connectivity index (χ2n) is 6.03. The first kappa shape index (κ1) is 14.0. The number of rotatable bonds is 4. The second-order valence-corrected chi connectivity index (χ2v) is 11.0. The Balaban J connectivity index is 2.65. The first-order valence-electron chi connectivity index (χ1n) is 6.27. The summed E-state index contributed by atoms with van der Waals surface area (Å²) in [7, 11) is -1.08. The summed E-state index contributed by atoms with van der Waals surface area (Å²) >= 11 is 0. The van der Waals surface area contributed by atoms with Crippen LogP contribution < -0.4 is 5.32 Å². The van der Waals surface area contributed by atoms with E-state index >= 15 is 0 Å². The zero-order valence-electron chi connectivity index (χ0n) is 12.0. The molecule has 0 aliphatic heterocycles. The monoisotopic (exact) mass is 247 g/mol. The van der Waals surface area contributed by atoms with Gasteiger partial charge in [-0.25, -0.2) is 0 Å². The molecule has 17 heavy (non-hydrogen) atoms. The molecule has 0 bridgehead atoms. The smallest absolute Gasteiger partial charge is 0.0687 e. The molecule has 0 aliphatic carbocycles. The minimum Gasteiger partial charge on any atom is -0.381 e. The highest BCUT2D eigenvalue weighted by molar-refractivity contribution is 6.81. The van der Waals surface area contributed by atoms with E-state index in [0.717, 1.165) is 6.54 Å². The van der Waals surface area contributed by atoms with Gasteiger partial charge < -0.3 is 5.32 Å². The van der Waals surface area contributed by atoms with Crippen molar-refractivity contribution in [2.75, 3.05) is 11.9 Å². The molecule has 0 fully saturated rings. The summed E-state index contributed by atoms with van der Waals surface area (Å²) in [4.78, 5) is 0. The Hall–Kier alpha value is -1.02. The third kappa shape index (κ3) is 5.22. The topological polar surface area (TPSA) is 12.0 Å². The highest BCUT2D eigenvalue weighted by Gasteiger charge is 2.08. The molecule has 94 valence electrons. The van der Waals surface area contributed by atoms with Crippen LogP contribution in [0.5, 0.6) is 0 Å². The summed E-state index contributed by atoms with van der Waals surface area (Å²) in [5, 5.41) is 3.52. The van der Waals surface area contributed by atoms with Crippen LogP contribution in [-0.4, -0.2) is 14.6 Å². The van der Waals surface area contributed by atoms with Gasteiger partial charge in [0.15, 0.2) is 0 Å². The molecule has 0 spiro atoms. The molecular weight excluding hydrogens is 222 g/mol. The van der Waals surface area contributed by atoms with Gasteiger partial charge in [0.2, 0.25) is 0 Å². The van der Waals surface area contributed by atoms with E-state index in [-0.39, 0.29) is 0 Å². The Morgan fingerprint density at radius 3 is 2.41 bits per heavy atom. The number of hydrogen-bond acceptors (Lipinski definition) is 1. The number of nitrogens with one attached hydrogen (secondary N) is 1. The molecule has 0 radical (unpaired) electrons. The van der Waals surface area contributed by atoms with Gasteiger partial charge in [-0.2, -0.15) is 0 Å². The Kier molecular flexibility index (Phi) is 4.58. The van der Waals surface area contributed by atoms with E-state index in [9.17, 15) is 0 Å². The van der Waals surface area contributed by atoms with Crippen LogP contribution in [0.3, 0.4) is 0 Å². The van der Waals surface area contributed by atoms with Crippen LogP contribution in [0.25, 0.3) is 0 Å². The van der Waals surface area contributed by atoms with Crippen molar-refractivity contribution in [2.24, 2.45) is 0 Å². The van der Waals surface area contributed by atoms with Crippen molar-refractivity contribution in [3.8, 4) is 0 Å².